The molecule has 1 aromatic rings. The van der Waals surface area contributed by atoms with Crippen LogP contribution in [-0.4, -0.2) is 61.4 Å². The Labute approximate surface area is 209 Å². The maximum atomic E-state index is 13.0. The Morgan fingerprint density at radius 2 is 1.78 bits per heavy atom. The molecule has 194 valence electrons. The number of hydrogen-bond donors (Lipinski definition) is 4. The largest absolute Gasteiger partial charge is 0.454 e. The third-order valence-electron chi connectivity index (χ3n) is 6.78. The van der Waals surface area contributed by atoms with E-state index in [0.29, 0.717) is 24.5 Å². The predicted octanol–water partition coefficient (Wildman–Crippen LogP) is 0.564. The molecule has 0 unspecified atom stereocenters. The van der Waals surface area contributed by atoms with Crippen LogP contribution < -0.4 is 30.7 Å². The highest BCUT2D eigenvalue weighted by Gasteiger charge is 2.34. The van der Waals surface area contributed by atoms with Gasteiger partial charge in [0.1, 0.15) is 0 Å². The number of ketones is 1. The minimum Gasteiger partial charge on any atom is -0.454 e. The SMILES string of the molecule is O=C(CNC(=O)c1ccc2c(c1)OCO2)N[C@@H](C[C@@H]1CCCNC1=O)C(=O)C(=O)NC1CCCCC1. The Morgan fingerprint density at radius 3 is 2.56 bits per heavy atom. The molecule has 4 amide bonds. The lowest BCUT2D eigenvalue weighted by Gasteiger charge is -2.27. The van der Waals surface area contributed by atoms with E-state index >= 15 is 0 Å². The van der Waals surface area contributed by atoms with Gasteiger partial charge in [-0.25, -0.2) is 0 Å². The van der Waals surface area contributed by atoms with Gasteiger partial charge in [0, 0.05) is 24.1 Å². The van der Waals surface area contributed by atoms with Crippen molar-refractivity contribution in [3.05, 3.63) is 23.8 Å². The van der Waals surface area contributed by atoms with E-state index in [0.717, 1.165) is 38.5 Å². The lowest BCUT2D eigenvalue weighted by molar-refractivity contribution is -0.141. The number of hydrogen-bond acceptors (Lipinski definition) is 7. The normalized spacial score (nSPS) is 20.1. The molecule has 1 saturated carbocycles. The van der Waals surface area contributed by atoms with Crippen molar-refractivity contribution in [2.24, 2.45) is 5.92 Å². The van der Waals surface area contributed by atoms with Crippen LogP contribution in [-0.2, 0) is 19.2 Å². The quantitative estimate of drug-likeness (QED) is 0.362. The summed E-state index contributed by atoms with van der Waals surface area (Å²) in [7, 11) is 0. The van der Waals surface area contributed by atoms with Crippen LogP contribution in [0.4, 0.5) is 0 Å². The van der Waals surface area contributed by atoms with Gasteiger partial charge in [-0.1, -0.05) is 19.3 Å². The minimum atomic E-state index is -1.17. The molecule has 2 fully saturated rings. The molecule has 11 nitrogen and oxygen atoms in total. The summed E-state index contributed by atoms with van der Waals surface area (Å²) in [4.78, 5) is 63.1. The highest BCUT2D eigenvalue weighted by Crippen LogP contribution is 2.32. The zero-order valence-electron chi connectivity index (χ0n) is 20.1. The molecule has 2 heterocycles. The number of carbonyl (C=O) groups excluding carboxylic acids is 5. The smallest absolute Gasteiger partial charge is 0.289 e. The summed E-state index contributed by atoms with van der Waals surface area (Å²) >= 11 is 0. The first kappa shape index (κ1) is 25.5. The number of rotatable bonds is 9. The van der Waals surface area contributed by atoms with Gasteiger partial charge in [-0.2, -0.15) is 0 Å². The summed E-state index contributed by atoms with van der Waals surface area (Å²) in [6.07, 6.45) is 6.05. The summed E-state index contributed by atoms with van der Waals surface area (Å²) in [6.45, 7) is 0.234. The van der Waals surface area contributed by atoms with Gasteiger partial charge in [-0.3, -0.25) is 24.0 Å². The third-order valence-corrected chi connectivity index (χ3v) is 6.78. The fraction of sp³-hybridized carbons (Fsp3) is 0.560. The minimum absolute atomic E-state index is 0.0185. The van der Waals surface area contributed by atoms with Gasteiger partial charge in [-0.05, 0) is 50.3 Å². The number of piperidine rings is 1. The van der Waals surface area contributed by atoms with Gasteiger partial charge in [0.2, 0.25) is 24.4 Å². The molecule has 36 heavy (non-hydrogen) atoms. The van der Waals surface area contributed by atoms with Crippen molar-refractivity contribution in [2.75, 3.05) is 19.9 Å². The van der Waals surface area contributed by atoms with Crippen LogP contribution >= 0.6 is 0 Å². The van der Waals surface area contributed by atoms with E-state index in [1.54, 1.807) is 12.1 Å². The molecule has 0 radical (unpaired) electrons. The number of amides is 4. The fourth-order valence-electron chi connectivity index (χ4n) is 4.78. The molecule has 0 aromatic heterocycles. The molecular weight excluding hydrogens is 468 g/mol. The molecule has 1 saturated heterocycles. The Kier molecular flexibility index (Phi) is 8.40. The van der Waals surface area contributed by atoms with E-state index in [1.807, 2.05) is 0 Å². The Balaban J connectivity index is 1.35. The number of nitrogens with one attached hydrogen (secondary N) is 4. The molecule has 2 aliphatic heterocycles. The van der Waals surface area contributed by atoms with Gasteiger partial charge >= 0.3 is 0 Å². The van der Waals surface area contributed by atoms with E-state index in [9.17, 15) is 24.0 Å². The summed E-state index contributed by atoms with van der Waals surface area (Å²) in [6, 6.07) is 3.43. The highest BCUT2D eigenvalue weighted by molar-refractivity contribution is 6.38. The van der Waals surface area contributed by atoms with Crippen molar-refractivity contribution in [3.63, 3.8) is 0 Å². The maximum Gasteiger partial charge on any atom is 0.289 e. The van der Waals surface area contributed by atoms with E-state index in [1.165, 1.54) is 6.07 Å². The van der Waals surface area contributed by atoms with E-state index in [2.05, 4.69) is 21.3 Å². The van der Waals surface area contributed by atoms with Crippen molar-refractivity contribution >= 4 is 29.4 Å². The van der Waals surface area contributed by atoms with Crippen molar-refractivity contribution in [1.82, 2.24) is 21.3 Å². The highest BCUT2D eigenvalue weighted by atomic mass is 16.7. The lowest BCUT2D eigenvalue weighted by atomic mass is 9.89. The van der Waals surface area contributed by atoms with Crippen LogP contribution in [0.3, 0.4) is 0 Å². The van der Waals surface area contributed by atoms with Crippen LogP contribution in [0.15, 0.2) is 18.2 Å². The third kappa shape index (κ3) is 6.52. The second-order valence-corrected chi connectivity index (χ2v) is 9.41. The maximum absolute atomic E-state index is 13.0. The summed E-state index contributed by atoms with van der Waals surface area (Å²) in [5.74, 6) is -2.40. The predicted molar refractivity (Wildman–Crippen MR) is 127 cm³/mol. The van der Waals surface area contributed by atoms with Gasteiger partial charge < -0.3 is 30.7 Å². The van der Waals surface area contributed by atoms with E-state index in [-0.39, 0.29) is 30.7 Å². The first-order chi connectivity index (χ1) is 17.4. The number of ether oxygens (including phenoxy) is 2. The number of benzene rings is 1. The summed E-state index contributed by atoms with van der Waals surface area (Å²) < 4.78 is 10.5. The van der Waals surface area contributed by atoms with Crippen molar-refractivity contribution in [2.45, 2.75) is 63.5 Å². The summed E-state index contributed by atoms with van der Waals surface area (Å²) in [5.41, 5.74) is 0.283. The second-order valence-electron chi connectivity index (χ2n) is 9.41. The van der Waals surface area contributed by atoms with Crippen LogP contribution in [0.2, 0.25) is 0 Å². The zero-order chi connectivity index (χ0) is 25.5. The molecule has 1 aliphatic carbocycles. The van der Waals surface area contributed by atoms with Gasteiger partial charge in [-0.15, -0.1) is 0 Å². The number of fused-ring (bicyclic) bond motifs is 1. The molecule has 1 aromatic carbocycles. The average Bonchev–Trinajstić information content (AvgIpc) is 3.36. The van der Waals surface area contributed by atoms with Crippen LogP contribution in [0.1, 0.15) is 61.7 Å². The van der Waals surface area contributed by atoms with Crippen molar-refractivity contribution in [3.8, 4) is 11.5 Å². The molecule has 3 aliphatic rings. The summed E-state index contributed by atoms with van der Waals surface area (Å²) in [5, 5.41) is 10.6. The Morgan fingerprint density at radius 1 is 1.00 bits per heavy atom. The molecule has 0 spiro atoms. The average molecular weight is 501 g/mol. The Hall–Kier alpha value is -3.63. The molecule has 2 atom stereocenters. The van der Waals surface area contributed by atoms with E-state index in [4.69, 9.17) is 9.47 Å². The zero-order valence-corrected chi connectivity index (χ0v) is 20.1. The standard InChI is InChI=1S/C25H32N4O7/c30-21(13-27-24(33)16-8-9-19-20(12-16)36-14-35-19)29-18(11-15-5-4-10-26-23(15)32)22(31)25(34)28-17-6-2-1-3-7-17/h8-9,12,15,17-18H,1-7,10-11,13-14H2,(H,26,32)(H,27,33)(H,28,34)(H,29,30)/t15-,18-/m0/s1. The first-order valence-electron chi connectivity index (χ1n) is 12.5. The lowest BCUT2D eigenvalue weighted by Crippen LogP contribution is -2.53. The monoisotopic (exact) mass is 500 g/mol. The van der Waals surface area contributed by atoms with E-state index < -0.39 is 42.0 Å². The molecular formula is C25H32N4O7. The first-order valence-corrected chi connectivity index (χ1v) is 12.5. The van der Waals surface area contributed by atoms with Crippen LogP contribution in [0.25, 0.3) is 0 Å². The number of Topliss-reactive ketones (excluding diaryl/α,β-unsaturated/α-hetero) is 1. The fourth-order valence-corrected chi connectivity index (χ4v) is 4.78. The number of carbonyl (C=O) groups is 5. The molecule has 11 heteroatoms. The topological polar surface area (TPSA) is 152 Å². The second kappa shape index (κ2) is 11.9. The van der Waals surface area contributed by atoms with Gasteiger partial charge in [0.05, 0.1) is 12.6 Å². The van der Waals surface area contributed by atoms with Gasteiger partial charge in [0.15, 0.2) is 11.5 Å². The molecule has 4 rings (SSSR count). The van der Waals surface area contributed by atoms with Crippen molar-refractivity contribution in [1.29, 1.82) is 0 Å². The van der Waals surface area contributed by atoms with Gasteiger partial charge in [0.25, 0.3) is 11.8 Å². The van der Waals surface area contributed by atoms with Crippen LogP contribution in [0, 0.1) is 5.92 Å². The Bertz CT molecular complexity index is 1020. The van der Waals surface area contributed by atoms with Crippen molar-refractivity contribution < 1.29 is 33.4 Å². The molecule has 0 bridgehead atoms. The molecule has 4 N–H and O–H groups in total. The van der Waals surface area contributed by atoms with Crippen LogP contribution in [0.5, 0.6) is 11.5 Å².